The van der Waals surface area contributed by atoms with Gasteiger partial charge in [-0.25, -0.2) is 4.79 Å². The van der Waals surface area contributed by atoms with E-state index in [0.717, 1.165) is 11.4 Å². The molecule has 1 aliphatic rings. The topological polar surface area (TPSA) is 41.6 Å². The predicted octanol–water partition coefficient (Wildman–Crippen LogP) is 6.46. The molecule has 1 atom stereocenters. The lowest BCUT2D eigenvalue weighted by Crippen LogP contribution is -2.44. The van der Waals surface area contributed by atoms with Crippen LogP contribution in [0.25, 0.3) is 0 Å². The van der Waals surface area contributed by atoms with Gasteiger partial charge in [0.15, 0.2) is 0 Å². The molecule has 5 heteroatoms. The molecule has 0 heterocycles. The van der Waals surface area contributed by atoms with Crippen molar-refractivity contribution in [1.29, 1.82) is 0 Å². The molecule has 0 radical (unpaired) electrons. The number of benzene rings is 2. The van der Waals surface area contributed by atoms with E-state index in [9.17, 15) is 4.79 Å². The molecule has 1 saturated carbocycles. The van der Waals surface area contributed by atoms with E-state index in [2.05, 4.69) is 39.9 Å². The van der Waals surface area contributed by atoms with E-state index in [0.29, 0.717) is 16.6 Å². The van der Waals surface area contributed by atoms with Gasteiger partial charge in [-0.2, -0.15) is 0 Å². The van der Waals surface area contributed by atoms with Crippen molar-refractivity contribution in [1.82, 2.24) is 0 Å². The lowest BCUT2D eigenvalue weighted by atomic mass is 10.0. The molecule has 1 N–H and O–H groups in total. The first kappa shape index (κ1) is 20.5. The van der Waals surface area contributed by atoms with Crippen molar-refractivity contribution in [2.24, 2.45) is 16.7 Å². The van der Waals surface area contributed by atoms with Crippen molar-refractivity contribution in [3.8, 4) is 5.75 Å². The van der Waals surface area contributed by atoms with Crippen LogP contribution in [0, 0.1) is 16.7 Å². The smallest absolute Gasteiger partial charge is 0.326 e. The Labute approximate surface area is 172 Å². The summed E-state index contributed by atoms with van der Waals surface area (Å²) < 4.78 is 5.27. The van der Waals surface area contributed by atoms with Crippen LogP contribution in [0.15, 0.2) is 48.5 Å². The van der Waals surface area contributed by atoms with Gasteiger partial charge in [-0.1, -0.05) is 51.4 Å². The number of ether oxygens (including phenoxy) is 1. The number of carbonyl (C=O) groups is 1. The molecule has 3 rings (SSSR count). The second-order valence-corrected chi connectivity index (χ2v) is 9.05. The molecule has 0 bridgehead atoms. The zero-order valence-corrected chi connectivity index (χ0v) is 18.2. The Morgan fingerprint density at radius 1 is 1.07 bits per heavy atom. The van der Waals surface area contributed by atoms with Gasteiger partial charge < -0.3 is 10.1 Å². The van der Waals surface area contributed by atoms with Gasteiger partial charge in [0, 0.05) is 11.7 Å². The summed E-state index contributed by atoms with van der Waals surface area (Å²) in [5.74, 6) is 1.13. The van der Waals surface area contributed by atoms with Gasteiger partial charge >= 0.3 is 6.03 Å². The Balaban J connectivity index is 1.94. The summed E-state index contributed by atoms with van der Waals surface area (Å²) >= 11 is 6.25. The Kier molecular flexibility index (Phi) is 5.37. The number of methoxy groups -OCH3 is 1. The minimum atomic E-state index is -0.190. The van der Waals surface area contributed by atoms with Crippen LogP contribution in [0.3, 0.4) is 0 Å². The number of hydrogen-bond donors (Lipinski definition) is 1. The molecule has 2 aromatic carbocycles. The molecule has 1 fully saturated rings. The highest BCUT2D eigenvalue weighted by Crippen LogP contribution is 2.70. The Bertz CT molecular complexity index is 847. The highest BCUT2D eigenvalue weighted by molar-refractivity contribution is 6.33. The maximum absolute atomic E-state index is 13.3. The second kappa shape index (κ2) is 7.32. The van der Waals surface area contributed by atoms with Gasteiger partial charge in [-0.3, -0.25) is 4.90 Å². The fourth-order valence-corrected chi connectivity index (χ4v) is 4.80. The van der Waals surface area contributed by atoms with Gasteiger partial charge in [-0.15, -0.1) is 0 Å². The number of urea groups is 1. The molecule has 2 amide bonds. The number of nitrogens with zero attached hydrogens (tertiary/aromatic N) is 1. The molecule has 0 spiro atoms. The number of nitrogens with one attached hydrogen (secondary N) is 1. The average molecular weight is 401 g/mol. The Morgan fingerprint density at radius 3 is 2.14 bits per heavy atom. The monoisotopic (exact) mass is 400 g/mol. The number of carbonyl (C=O) groups excluding carboxylic acids is 1. The lowest BCUT2D eigenvalue weighted by Gasteiger charge is -2.31. The van der Waals surface area contributed by atoms with Gasteiger partial charge in [0.1, 0.15) is 5.75 Å². The van der Waals surface area contributed by atoms with Crippen LogP contribution in [0.4, 0.5) is 16.2 Å². The average Bonchev–Trinajstić information content (AvgIpc) is 3.06. The molecule has 28 heavy (non-hydrogen) atoms. The van der Waals surface area contributed by atoms with Crippen LogP contribution in [0.5, 0.6) is 5.75 Å². The van der Waals surface area contributed by atoms with Gasteiger partial charge in [0.25, 0.3) is 0 Å². The third-order valence-corrected chi connectivity index (χ3v) is 7.04. The largest absolute Gasteiger partial charge is 0.497 e. The first-order valence-electron chi connectivity index (χ1n) is 9.60. The van der Waals surface area contributed by atoms with E-state index in [-0.39, 0.29) is 22.9 Å². The molecule has 0 aromatic heterocycles. The summed E-state index contributed by atoms with van der Waals surface area (Å²) in [5, 5.41) is 3.50. The van der Waals surface area contributed by atoms with E-state index in [1.165, 1.54) is 0 Å². The molecule has 4 nitrogen and oxygen atoms in total. The first-order chi connectivity index (χ1) is 13.1. The molecule has 1 aliphatic carbocycles. The van der Waals surface area contributed by atoms with Gasteiger partial charge in [-0.05, 0) is 60.1 Å². The van der Waals surface area contributed by atoms with Crippen LogP contribution in [-0.4, -0.2) is 19.2 Å². The standard InChI is InChI=1S/C23H29ClN2O2/c1-15(20-22(2,3)23(20,4)5)26(16-11-13-17(28-6)14-12-16)21(27)25-19-10-8-7-9-18(19)24/h7-15,20H,1-6H3,(H,25,27)/t15-/m1/s1. The lowest BCUT2D eigenvalue weighted by molar-refractivity contribution is 0.253. The maximum Gasteiger partial charge on any atom is 0.326 e. The number of hydrogen-bond acceptors (Lipinski definition) is 2. The third kappa shape index (κ3) is 3.46. The zero-order valence-electron chi connectivity index (χ0n) is 17.4. The molecule has 0 aliphatic heterocycles. The molecular weight excluding hydrogens is 372 g/mol. The minimum absolute atomic E-state index is 0.0147. The highest BCUT2D eigenvalue weighted by Gasteiger charge is 2.67. The van der Waals surface area contributed by atoms with Gasteiger partial charge in [0.2, 0.25) is 0 Å². The zero-order chi connectivity index (χ0) is 20.7. The molecule has 150 valence electrons. The van der Waals surface area contributed by atoms with Crippen molar-refractivity contribution in [3.05, 3.63) is 53.6 Å². The second-order valence-electron chi connectivity index (χ2n) is 8.64. The van der Waals surface area contributed by atoms with Crippen molar-refractivity contribution < 1.29 is 9.53 Å². The summed E-state index contributed by atoms with van der Waals surface area (Å²) in [5.41, 5.74) is 1.74. The van der Waals surface area contributed by atoms with Crippen LogP contribution >= 0.6 is 11.6 Å². The molecule has 0 unspecified atom stereocenters. The van der Waals surface area contributed by atoms with Gasteiger partial charge in [0.05, 0.1) is 17.8 Å². The van der Waals surface area contributed by atoms with Crippen molar-refractivity contribution >= 4 is 29.0 Å². The molecular formula is C23H29ClN2O2. The molecule has 2 aromatic rings. The minimum Gasteiger partial charge on any atom is -0.497 e. The summed E-state index contributed by atoms with van der Waals surface area (Å²) in [4.78, 5) is 15.2. The number of para-hydroxylation sites is 1. The van der Waals surface area contributed by atoms with Crippen LogP contribution in [0.1, 0.15) is 34.6 Å². The van der Waals surface area contributed by atoms with Crippen LogP contribution < -0.4 is 15.0 Å². The number of rotatable bonds is 5. The predicted molar refractivity (Wildman–Crippen MR) is 116 cm³/mol. The maximum atomic E-state index is 13.3. The van der Waals surface area contributed by atoms with Crippen LogP contribution in [-0.2, 0) is 0 Å². The SMILES string of the molecule is COc1ccc(N(C(=O)Nc2ccccc2Cl)[C@H](C)C2C(C)(C)C2(C)C)cc1. The number of amides is 2. The van der Waals surface area contributed by atoms with Crippen molar-refractivity contribution in [2.45, 2.75) is 40.7 Å². The molecule has 0 saturated heterocycles. The highest BCUT2D eigenvalue weighted by atomic mass is 35.5. The van der Waals surface area contributed by atoms with E-state index in [1.54, 1.807) is 13.2 Å². The van der Waals surface area contributed by atoms with Crippen LogP contribution in [0.2, 0.25) is 5.02 Å². The summed E-state index contributed by atoms with van der Waals surface area (Å²) in [6.45, 7) is 11.2. The summed E-state index contributed by atoms with van der Waals surface area (Å²) in [6.07, 6.45) is 0. The summed E-state index contributed by atoms with van der Waals surface area (Å²) in [7, 11) is 1.63. The van der Waals surface area contributed by atoms with Crippen molar-refractivity contribution in [3.63, 3.8) is 0 Å². The summed E-state index contributed by atoms with van der Waals surface area (Å²) in [6, 6.07) is 14.7. The van der Waals surface area contributed by atoms with Crippen molar-refractivity contribution in [2.75, 3.05) is 17.3 Å². The normalized spacial score (nSPS) is 18.2. The van der Waals surface area contributed by atoms with E-state index in [4.69, 9.17) is 16.3 Å². The van der Waals surface area contributed by atoms with E-state index >= 15 is 0 Å². The Morgan fingerprint density at radius 2 is 1.64 bits per heavy atom. The van der Waals surface area contributed by atoms with E-state index in [1.807, 2.05) is 47.4 Å². The number of halogens is 1. The van der Waals surface area contributed by atoms with E-state index < -0.39 is 0 Å². The third-order valence-electron chi connectivity index (χ3n) is 6.71. The fraction of sp³-hybridized carbons (Fsp3) is 0.435. The first-order valence-corrected chi connectivity index (χ1v) is 9.98. The fourth-order valence-electron chi connectivity index (χ4n) is 4.62. The number of anilines is 2. The Hall–Kier alpha value is -2.20. The quantitative estimate of drug-likeness (QED) is 0.625.